The van der Waals surface area contributed by atoms with Crippen molar-refractivity contribution in [2.45, 2.75) is 41.0 Å². The highest BCUT2D eigenvalue weighted by Crippen LogP contribution is 2.32. The zero-order valence-electron chi connectivity index (χ0n) is 13.6. The zero-order valence-corrected chi connectivity index (χ0v) is 13.6. The van der Waals surface area contributed by atoms with Gasteiger partial charge in [-0.25, -0.2) is 0 Å². The lowest BCUT2D eigenvalue weighted by molar-refractivity contribution is -0.155. The number of hydrogen-bond acceptors (Lipinski definition) is 3. The molecular weight excluding hydrogens is 258 g/mol. The van der Waals surface area contributed by atoms with E-state index in [1.54, 1.807) is 18.9 Å². The minimum atomic E-state index is -1.03. The maximum absolute atomic E-state index is 12.4. The molecule has 0 aliphatic heterocycles. The first-order valence-corrected chi connectivity index (χ1v) is 7.15. The second kappa shape index (κ2) is 8.25. The summed E-state index contributed by atoms with van der Waals surface area (Å²) in [6, 6.07) is 0. The van der Waals surface area contributed by atoms with E-state index in [2.05, 4.69) is 0 Å². The molecule has 5 heteroatoms. The van der Waals surface area contributed by atoms with Crippen molar-refractivity contribution < 1.29 is 19.4 Å². The number of ether oxygens (including phenoxy) is 1. The number of aliphatic carboxylic acids is 1. The lowest BCUT2D eigenvalue weighted by Crippen LogP contribution is -2.43. The summed E-state index contributed by atoms with van der Waals surface area (Å²) in [4.78, 5) is 25.6. The van der Waals surface area contributed by atoms with Crippen LogP contribution < -0.4 is 0 Å². The summed E-state index contributed by atoms with van der Waals surface area (Å²) in [5.41, 5.74) is -1.03. The molecule has 118 valence electrons. The predicted molar refractivity (Wildman–Crippen MR) is 78.5 cm³/mol. The number of hydrogen-bond donors (Lipinski definition) is 1. The molecule has 0 aromatic carbocycles. The lowest BCUT2D eigenvalue weighted by atomic mass is 9.76. The number of amides is 1. The Morgan fingerprint density at radius 2 is 1.80 bits per heavy atom. The third kappa shape index (κ3) is 5.49. The Morgan fingerprint density at radius 1 is 1.25 bits per heavy atom. The molecule has 5 nitrogen and oxygen atoms in total. The van der Waals surface area contributed by atoms with Crippen LogP contribution in [0.4, 0.5) is 0 Å². The smallest absolute Gasteiger partial charge is 0.310 e. The molecule has 0 aromatic rings. The van der Waals surface area contributed by atoms with E-state index in [1.165, 1.54) is 0 Å². The molecule has 0 aromatic heterocycles. The average Bonchev–Trinajstić information content (AvgIpc) is 2.33. The van der Waals surface area contributed by atoms with Crippen LogP contribution in [0.2, 0.25) is 0 Å². The molecule has 0 rings (SSSR count). The highest BCUT2D eigenvalue weighted by molar-refractivity contribution is 5.85. The van der Waals surface area contributed by atoms with E-state index in [1.807, 2.05) is 27.7 Å². The molecule has 1 atom stereocenters. The first-order chi connectivity index (χ1) is 9.15. The first kappa shape index (κ1) is 18.9. The van der Waals surface area contributed by atoms with Crippen LogP contribution in [-0.4, -0.2) is 48.7 Å². The fraction of sp³-hybridized carbons (Fsp3) is 0.867. The molecule has 0 fully saturated rings. The fourth-order valence-corrected chi connectivity index (χ4v) is 1.91. The summed E-state index contributed by atoms with van der Waals surface area (Å²) in [6.07, 6.45) is 0.0242. The summed E-state index contributed by atoms with van der Waals surface area (Å²) in [7, 11) is 1.59. The van der Waals surface area contributed by atoms with Crippen molar-refractivity contribution in [3.05, 3.63) is 0 Å². The topological polar surface area (TPSA) is 66.8 Å². The standard InChI is InChI=1S/C15H29NO4/c1-11(2)10-16(7-8-20-6)13(17)9-15(5,12(3)4)14(18)19/h11-12H,7-10H2,1-6H3,(H,18,19). The van der Waals surface area contributed by atoms with Gasteiger partial charge in [-0.2, -0.15) is 0 Å². The van der Waals surface area contributed by atoms with Gasteiger partial charge in [-0.1, -0.05) is 27.7 Å². The molecule has 20 heavy (non-hydrogen) atoms. The Balaban J connectivity index is 4.92. The molecule has 0 radical (unpaired) electrons. The molecule has 0 saturated carbocycles. The Morgan fingerprint density at radius 3 is 2.15 bits per heavy atom. The molecule has 0 heterocycles. The van der Waals surface area contributed by atoms with Crippen LogP contribution in [0, 0.1) is 17.3 Å². The van der Waals surface area contributed by atoms with E-state index < -0.39 is 11.4 Å². The van der Waals surface area contributed by atoms with E-state index in [-0.39, 0.29) is 18.2 Å². The van der Waals surface area contributed by atoms with Gasteiger partial charge in [0.25, 0.3) is 0 Å². The van der Waals surface area contributed by atoms with E-state index in [0.717, 1.165) is 0 Å². The average molecular weight is 287 g/mol. The van der Waals surface area contributed by atoms with Crippen molar-refractivity contribution in [2.24, 2.45) is 17.3 Å². The summed E-state index contributed by atoms with van der Waals surface area (Å²) < 4.78 is 5.02. The summed E-state index contributed by atoms with van der Waals surface area (Å²) in [5.74, 6) is -0.801. The van der Waals surface area contributed by atoms with Gasteiger partial charge in [0.2, 0.25) is 5.91 Å². The summed E-state index contributed by atoms with van der Waals surface area (Å²) in [5, 5.41) is 9.40. The summed E-state index contributed by atoms with van der Waals surface area (Å²) >= 11 is 0. The van der Waals surface area contributed by atoms with Crippen LogP contribution in [0.25, 0.3) is 0 Å². The van der Waals surface area contributed by atoms with Crippen molar-refractivity contribution in [3.63, 3.8) is 0 Å². The molecule has 1 amide bonds. The number of carbonyl (C=O) groups is 2. The first-order valence-electron chi connectivity index (χ1n) is 7.15. The second-order valence-corrected chi connectivity index (χ2v) is 6.28. The third-order valence-corrected chi connectivity index (χ3v) is 3.78. The Labute approximate surface area is 122 Å². The van der Waals surface area contributed by atoms with Gasteiger partial charge in [-0.15, -0.1) is 0 Å². The fourth-order valence-electron chi connectivity index (χ4n) is 1.91. The zero-order chi connectivity index (χ0) is 15.9. The number of carboxylic acids is 1. The van der Waals surface area contributed by atoms with Gasteiger partial charge in [-0.05, 0) is 18.8 Å². The van der Waals surface area contributed by atoms with Gasteiger partial charge >= 0.3 is 5.97 Å². The monoisotopic (exact) mass is 287 g/mol. The van der Waals surface area contributed by atoms with Crippen molar-refractivity contribution in [1.29, 1.82) is 0 Å². The molecular formula is C15H29NO4. The van der Waals surface area contributed by atoms with Crippen LogP contribution in [0.1, 0.15) is 41.0 Å². The third-order valence-electron chi connectivity index (χ3n) is 3.78. The van der Waals surface area contributed by atoms with E-state index in [0.29, 0.717) is 25.6 Å². The normalized spacial score (nSPS) is 14.4. The Hall–Kier alpha value is -1.10. The maximum Gasteiger partial charge on any atom is 0.310 e. The quantitative estimate of drug-likeness (QED) is 0.706. The number of carbonyl (C=O) groups excluding carboxylic acids is 1. The van der Waals surface area contributed by atoms with Gasteiger partial charge in [-0.3, -0.25) is 9.59 Å². The van der Waals surface area contributed by atoms with Crippen molar-refractivity contribution >= 4 is 11.9 Å². The number of methoxy groups -OCH3 is 1. The highest BCUT2D eigenvalue weighted by atomic mass is 16.5. The minimum absolute atomic E-state index is 0.0242. The Bertz CT molecular complexity index is 328. The van der Waals surface area contributed by atoms with Crippen LogP contribution in [0.15, 0.2) is 0 Å². The molecule has 1 N–H and O–H groups in total. The maximum atomic E-state index is 12.4. The lowest BCUT2D eigenvalue weighted by Gasteiger charge is -2.32. The molecule has 1 unspecified atom stereocenters. The minimum Gasteiger partial charge on any atom is -0.481 e. The van der Waals surface area contributed by atoms with Crippen LogP contribution in [-0.2, 0) is 14.3 Å². The predicted octanol–water partition coefficient (Wildman–Crippen LogP) is 2.25. The number of carboxylic acid groups (broad SMARTS) is 1. The molecule has 0 saturated heterocycles. The van der Waals surface area contributed by atoms with Gasteiger partial charge in [0, 0.05) is 26.6 Å². The van der Waals surface area contributed by atoms with Gasteiger partial charge < -0.3 is 14.7 Å². The molecule has 0 spiro atoms. The number of rotatable bonds is 9. The summed E-state index contributed by atoms with van der Waals surface area (Å²) in [6.45, 7) is 11.0. The van der Waals surface area contributed by atoms with Crippen molar-refractivity contribution in [3.8, 4) is 0 Å². The Kier molecular flexibility index (Phi) is 7.79. The number of nitrogens with zero attached hydrogens (tertiary/aromatic N) is 1. The SMILES string of the molecule is COCCN(CC(C)C)C(=O)CC(C)(C(=O)O)C(C)C. The van der Waals surface area contributed by atoms with Crippen LogP contribution >= 0.6 is 0 Å². The van der Waals surface area contributed by atoms with Crippen molar-refractivity contribution in [1.82, 2.24) is 4.90 Å². The largest absolute Gasteiger partial charge is 0.481 e. The van der Waals surface area contributed by atoms with E-state index in [9.17, 15) is 14.7 Å². The molecule has 0 aliphatic carbocycles. The van der Waals surface area contributed by atoms with Crippen LogP contribution in [0.3, 0.4) is 0 Å². The van der Waals surface area contributed by atoms with Gasteiger partial charge in [0.1, 0.15) is 0 Å². The second-order valence-electron chi connectivity index (χ2n) is 6.28. The molecule has 0 bridgehead atoms. The van der Waals surface area contributed by atoms with E-state index >= 15 is 0 Å². The van der Waals surface area contributed by atoms with Crippen LogP contribution in [0.5, 0.6) is 0 Å². The van der Waals surface area contributed by atoms with Gasteiger partial charge in [0.15, 0.2) is 0 Å². The van der Waals surface area contributed by atoms with E-state index in [4.69, 9.17) is 4.74 Å². The molecule has 0 aliphatic rings. The van der Waals surface area contributed by atoms with Gasteiger partial charge in [0.05, 0.1) is 12.0 Å². The highest BCUT2D eigenvalue weighted by Gasteiger charge is 2.39. The van der Waals surface area contributed by atoms with Crippen molar-refractivity contribution in [2.75, 3.05) is 26.8 Å².